The highest BCUT2D eigenvalue weighted by atomic mass is 79.9. The highest BCUT2D eigenvalue weighted by Crippen LogP contribution is 2.23. The molecule has 0 spiro atoms. The summed E-state index contributed by atoms with van der Waals surface area (Å²) >= 11 is 9.12. The van der Waals surface area contributed by atoms with Crippen LogP contribution in [0.15, 0.2) is 51.8 Å². The summed E-state index contributed by atoms with van der Waals surface area (Å²) in [6.45, 7) is 0.0800. The molecule has 0 atom stereocenters. The number of sulfonamides is 1. The molecular weight excluding hydrogens is 369 g/mol. The van der Waals surface area contributed by atoms with Gasteiger partial charge in [-0.1, -0.05) is 45.7 Å². The van der Waals surface area contributed by atoms with E-state index in [2.05, 4.69) is 20.7 Å². The second kappa shape index (κ2) is 6.22. The summed E-state index contributed by atoms with van der Waals surface area (Å²) in [5.41, 5.74) is 0.767. The highest BCUT2D eigenvalue weighted by Gasteiger charge is 2.18. The van der Waals surface area contributed by atoms with Gasteiger partial charge in [-0.3, -0.25) is 0 Å². The van der Waals surface area contributed by atoms with Crippen LogP contribution in [0.2, 0.25) is 5.02 Å². The normalized spacial score (nSPS) is 11.6. The Morgan fingerprint density at radius 3 is 2.60 bits per heavy atom. The van der Waals surface area contributed by atoms with E-state index in [1.54, 1.807) is 18.2 Å². The standard InChI is InChI=1S/C13H10BrClFNO2S/c14-11-4-2-1-3-9(11)8-17-20(18,19)13-7-10(16)5-6-12(13)15/h1-7,17H,8H2. The van der Waals surface area contributed by atoms with Gasteiger partial charge in [0.15, 0.2) is 0 Å². The number of hydrogen-bond donors (Lipinski definition) is 1. The van der Waals surface area contributed by atoms with Gasteiger partial charge < -0.3 is 0 Å². The van der Waals surface area contributed by atoms with E-state index in [0.717, 1.165) is 22.2 Å². The summed E-state index contributed by atoms with van der Waals surface area (Å²) in [6, 6.07) is 10.4. The molecule has 0 saturated heterocycles. The van der Waals surface area contributed by atoms with Crippen molar-refractivity contribution < 1.29 is 12.8 Å². The summed E-state index contributed by atoms with van der Waals surface area (Å²) in [7, 11) is -3.87. The quantitative estimate of drug-likeness (QED) is 0.881. The van der Waals surface area contributed by atoms with E-state index in [1.807, 2.05) is 6.07 Å². The Hall–Kier alpha value is -0.950. The Morgan fingerprint density at radius 2 is 1.90 bits per heavy atom. The second-order valence-corrected chi connectivity index (χ2v) is 6.99. The molecule has 3 nitrogen and oxygen atoms in total. The molecule has 2 rings (SSSR count). The van der Waals surface area contributed by atoms with Gasteiger partial charge in [-0.05, 0) is 29.8 Å². The molecular formula is C13H10BrClFNO2S. The Kier molecular flexibility index (Phi) is 4.80. The third-order valence-corrected chi connectivity index (χ3v) is 5.25. The maximum atomic E-state index is 13.1. The van der Waals surface area contributed by atoms with Gasteiger partial charge in [-0.2, -0.15) is 0 Å². The largest absolute Gasteiger partial charge is 0.242 e. The van der Waals surface area contributed by atoms with Gasteiger partial charge in [-0.25, -0.2) is 17.5 Å². The molecule has 2 aromatic rings. The van der Waals surface area contributed by atoms with Crippen LogP contribution in [-0.2, 0) is 16.6 Å². The van der Waals surface area contributed by atoms with Crippen molar-refractivity contribution in [2.75, 3.05) is 0 Å². The molecule has 0 amide bonds. The second-order valence-electron chi connectivity index (χ2n) is 3.99. The van der Waals surface area contributed by atoms with Crippen LogP contribution < -0.4 is 4.72 Å². The predicted octanol–water partition coefficient (Wildman–Crippen LogP) is 3.72. The molecule has 106 valence electrons. The molecule has 0 fully saturated rings. The van der Waals surface area contributed by atoms with Crippen molar-refractivity contribution in [1.29, 1.82) is 0 Å². The average molecular weight is 379 g/mol. The highest BCUT2D eigenvalue weighted by molar-refractivity contribution is 9.10. The Balaban J connectivity index is 2.24. The van der Waals surface area contributed by atoms with Gasteiger partial charge in [-0.15, -0.1) is 0 Å². The van der Waals surface area contributed by atoms with Crippen molar-refractivity contribution in [3.05, 3.63) is 63.3 Å². The van der Waals surface area contributed by atoms with E-state index in [0.29, 0.717) is 0 Å². The van der Waals surface area contributed by atoms with Crippen LogP contribution in [0, 0.1) is 5.82 Å². The van der Waals surface area contributed by atoms with Gasteiger partial charge in [0.05, 0.1) is 5.02 Å². The predicted molar refractivity (Wildman–Crippen MR) is 79.6 cm³/mol. The Bertz CT molecular complexity index is 737. The molecule has 20 heavy (non-hydrogen) atoms. The van der Waals surface area contributed by atoms with Crippen molar-refractivity contribution in [3.8, 4) is 0 Å². The first-order valence-corrected chi connectivity index (χ1v) is 8.24. The molecule has 0 aliphatic heterocycles. The number of benzene rings is 2. The first-order valence-electron chi connectivity index (χ1n) is 5.58. The first kappa shape index (κ1) is 15.4. The van der Waals surface area contributed by atoms with E-state index >= 15 is 0 Å². The van der Waals surface area contributed by atoms with Crippen molar-refractivity contribution in [2.45, 2.75) is 11.4 Å². The summed E-state index contributed by atoms with van der Waals surface area (Å²) < 4.78 is 40.5. The molecule has 0 unspecified atom stereocenters. The number of hydrogen-bond acceptors (Lipinski definition) is 2. The fourth-order valence-corrected chi connectivity index (χ4v) is 3.52. The fourth-order valence-electron chi connectivity index (χ4n) is 1.58. The lowest BCUT2D eigenvalue weighted by atomic mass is 10.2. The zero-order valence-electron chi connectivity index (χ0n) is 10.1. The van der Waals surface area contributed by atoms with Crippen LogP contribution in [-0.4, -0.2) is 8.42 Å². The van der Waals surface area contributed by atoms with Crippen molar-refractivity contribution in [1.82, 2.24) is 4.72 Å². The minimum Gasteiger partial charge on any atom is -0.207 e. The number of halogens is 3. The van der Waals surface area contributed by atoms with E-state index in [9.17, 15) is 12.8 Å². The van der Waals surface area contributed by atoms with Crippen molar-refractivity contribution in [2.24, 2.45) is 0 Å². The van der Waals surface area contributed by atoms with Gasteiger partial charge in [0.2, 0.25) is 10.0 Å². The van der Waals surface area contributed by atoms with Crippen LogP contribution >= 0.6 is 27.5 Å². The maximum absolute atomic E-state index is 13.1. The smallest absolute Gasteiger partial charge is 0.207 e. The fraction of sp³-hybridized carbons (Fsp3) is 0.0769. The third kappa shape index (κ3) is 3.58. The molecule has 0 aliphatic rings. The maximum Gasteiger partial charge on any atom is 0.242 e. The molecule has 0 aliphatic carbocycles. The molecule has 7 heteroatoms. The van der Waals surface area contributed by atoms with Crippen LogP contribution in [0.1, 0.15) is 5.56 Å². The van der Waals surface area contributed by atoms with Crippen LogP contribution in [0.3, 0.4) is 0 Å². The zero-order valence-corrected chi connectivity index (χ0v) is 13.3. The van der Waals surface area contributed by atoms with Crippen LogP contribution in [0.25, 0.3) is 0 Å². The monoisotopic (exact) mass is 377 g/mol. The third-order valence-electron chi connectivity index (χ3n) is 2.59. The molecule has 2 aromatic carbocycles. The summed E-state index contributed by atoms with van der Waals surface area (Å²) in [5, 5.41) is -0.0222. The summed E-state index contributed by atoms with van der Waals surface area (Å²) in [6.07, 6.45) is 0. The summed E-state index contributed by atoms with van der Waals surface area (Å²) in [4.78, 5) is -0.272. The van der Waals surface area contributed by atoms with Crippen molar-refractivity contribution in [3.63, 3.8) is 0 Å². The van der Waals surface area contributed by atoms with E-state index in [4.69, 9.17) is 11.6 Å². The number of rotatable bonds is 4. The number of nitrogens with one attached hydrogen (secondary N) is 1. The lowest BCUT2D eigenvalue weighted by Crippen LogP contribution is -2.23. The van der Waals surface area contributed by atoms with Gasteiger partial charge in [0.1, 0.15) is 10.7 Å². The van der Waals surface area contributed by atoms with Crippen LogP contribution in [0.4, 0.5) is 4.39 Å². The van der Waals surface area contributed by atoms with Gasteiger partial charge in [0.25, 0.3) is 0 Å². The van der Waals surface area contributed by atoms with E-state index in [1.165, 1.54) is 6.07 Å². The molecule has 0 saturated carbocycles. The van der Waals surface area contributed by atoms with E-state index in [-0.39, 0.29) is 16.5 Å². The minimum absolute atomic E-state index is 0.0222. The Labute approximate surface area is 130 Å². The first-order chi connectivity index (χ1) is 9.40. The minimum atomic E-state index is -3.87. The molecule has 1 N–H and O–H groups in total. The molecule has 0 aromatic heterocycles. The van der Waals surface area contributed by atoms with E-state index < -0.39 is 15.8 Å². The topological polar surface area (TPSA) is 46.2 Å². The summed E-state index contributed by atoms with van der Waals surface area (Å²) in [5.74, 6) is -0.657. The SMILES string of the molecule is O=S(=O)(NCc1ccccc1Br)c1cc(F)ccc1Cl. The lowest BCUT2D eigenvalue weighted by Gasteiger charge is -2.09. The Morgan fingerprint density at radius 1 is 1.20 bits per heavy atom. The molecule has 0 bridgehead atoms. The lowest BCUT2D eigenvalue weighted by molar-refractivity contribution is 0.577. The molecule has 0 radical (unpaired) electrons. The zero-order chi connectivity index (χ0) is 14.8. The average Bonchev–Trinajstić information content (AvgIpc) is 2.40. The van der Waals surface area contributed by atoms with Gasteiger partial charge in [0, 0.05) is 11.0 Å². The molecule has 0 heterocycles. The van der Waals surface area contributed by atoms with Crippen molar-refractivity contribution >= 4 is 37.6 Å². The van der Waals surface area contributed by atoms with Gasteiger partial charge >= 0.3 is 0 Å². The van der Waals surface area contributed by atoms with Crippen LogP contribution in [0.5, 0.6) is 0 Å².